The molecule has 6 nitrogen and oxygen atoms in total. The van der Waals surface area contributed by atoms with Gasteiger partial charge in [0.15, 0.2) is 0 Å². The van der Waals surface area contributed by atoms with E-state index in [-0.39, 0.29) is 11.8 Å². The third-order valence-corrected chi connectivity index (χ3v) is 9.32. The minimum absolute atomic E-state index is 0.0593. The zero-order valence-corrected chi connectivity index (χ0v) is 20.6. The van der Waals surface area contributed by atoms with Gasteiger partial charge in [-0.1, -0.05) is 29.8 Å². The molecule has 2 heterocycles. The lowest BCUT2D eigenvalue weighted by atomic mass is 9.97. The molecule has 1 aromatic heterocycles. The van der Waals surface area contributed by atoms with Crippen LogP contribution in [0.3, 0.4) is 0 Å². The van der Waals surface area contributed by atoms with E-state index in [1.54, 1.807) is 23.3 Å². The quantitative estimate of drug-likeness (QED) is 0.557. The van der Waals surface area contributed by atoms with E-state index in [0.29, 0.717) is 37.4 Å². The molecule has 1 amide bonds. The molecule has 0 spiro atoms. The summed E-state index contributed by atoms with van der Waals surface area (Å²) in [5.41, 5.74) is 3.56. The fraction of sp³-hybridized carbons (Fsp3) is 0.417. The smallest absolute Gasteiger partial charge is 0.243 e. The molecular formula is C24H29N3O3S2. The van der Waals surface area contributed by atoms with Gasteiger partial charge in [0.2, 0.25) is 15.9 Å². The molecule has 170 valence electrons. The highest BCUT2D eigenvalue weighted by atomic mass is 32.2. The first-order valence-corrected chi connectivity index (χ1v) is 13.1. The second-order valence-electron chi connectivity index (χ2n) is 8.68. The monoisotopic (exact) mass is 471 g/mol. The largest absolute Gasteiger partial charge is 0.339 e. The van der Waals surface area contributed by atoms with Crippen molar-refractivity contribution in [2.45, 2.75) is 45.1 Å². The Morgan fingerprint density at radius 2 is 1.75 bits per heavy atom. The fourth-order valence-electron chi connectivity index (χ4n) is 4.63. The third kappa shape index (κ3) is 4.44. The summed E-state index contributed by atoms with van der Waals surface area (Å²) >= 11 is 1.60. The van der Waals surface area contributed by atoms with Crippen molar-refractivity contribution in [3.05, 3.63) is 58.1 Å². The summed E-state index contributed by atoms with van der Waals surface area (Å²) in [7, 11) is -1.77. The van der Waals surface area contributed by atoms with Gasteiger partial charge in [-0.05, 0) is 56.9 Å². The van der Waals surface area contributed by atoms with Gasteiger partial charge >= 0.3 is 0 Å². The van der Waals surface area contributed by atoms with E-state index in [4.69, 9.17) is 0 Å². The first kappa shape index (κ1) is 22.9. The van der Waals surface area contributed by atoms with Crippen LogP contribution >= 0.6 is 11.3 Å². The van der Waals surface area contributed by atoms with E-state index in [2.05, 4.69) is 4.98 Å². The average Bonchev–Trinajstić information content (AvgIpc) is 3.14. The lowest BCUT2D eigenvalue weighted by molar-refractivity contribution is -0.135. The number of sulfonamides is 1. The van der Waals surface area contributed by atoms with Crippen LogP contribution in [0.1, 0.15) is 34.5 Å². The summed E-state index contributed by atoms with van der Waals surface area (Å²) in [5, 5.41) is 0.910. The van der Waals surface area contributed by atoms with Gasteiger partial charge in [0.05, 0.1) is 21.7 Å². The molecule has 3 aromatic rings. The Labute approximate surface area is 193 Å². The second kappa shape index (κ2) is 8.92. The van der Waals surface area contributed by atoms with Crippen LogP contribution in [-0.4, -0.2) is 48.7 Å². The Morgan fingerprint density at radius 3 is 2.38 bits per heavy atom. The zero-order valence-electron chi connectivity index (χ0n) is 19.0. The summed E-state index contributed by atoms with van der Waals surface area (Å²) in [6, 6.07) is 11.8. The molecule has 32 heavy (non-hydrogen) atoms. The van der Waals surface area contributed by atoms with Crippen molar-refractivity contribution >= 4 is 37.5 Å². The lowest BCUT2D eigenvalue weighted by Gasteiger charge is -2.33. The van der Waals surface area contributed by atoms with Crippen molar-refractivity contribution in [2.24, 2.45) is 5.92 Å². The number of aryl methyl sites for hydroxylation is 3. The molecule has 0 aliphatic carbocycles. The minimum Gasteiger partial charge on any atom is -0.339 e. The maximum Gasteiger partial charge on any atom is 0.243 e. The molecule has 1 aliphatic rings. The number of hydrogen-bond acceptors (Lipinski definition) is 5. The number of carbonyl (C=O) groups excluding carboxylic acids is 1. The molecule has 1 fully saturated rings. The molecular weight excluding hydrogens is 442 g/mol. The Bertz CT molecular complexity index is 1200. The van der Waals surface area contributed by atoms with E-state index in [1.807, 2.05) is 57.2 Å². The summed E-state index contributed by atoms with van der Waals surface area (Å²) in [5.74, 6) is -0.106. The standard InChI is InChI=1S/C24H29N3O3S2/c1-16-13-17(2)23(18(3)14-16)32(29,30)27-11-9-19(10-12-27)24(28)26(4)15-22-25-20-7-5-6-8-21(20)31-22/h5-8,13-14,19H,9-12,15H2,1-4H3. The lowest BCUT2D eigenvalue weighted by Crippen LogP contribution is -2.43. The number of nitrogens with zero attached hydrogens (tertiary/aromatic N) is 3. The molecule has 1 aliphatic heterocycles. The highest BCUT2D eigenvalue weighted by Gasteiger charge is 2.34. The topological polar surface area (TPSA) is 70.6 Å². The van der Waals surface area contributed by atoms with Crippen molar-refractivity contribution in [3.63, 3.8) is 0 Å². The molecule has 8 heteroatoms. The van der Waals surface area contributed by atoms with Gasteiger partial charge in [-0.15, -0.1) is 11.3 Å². The van der Waals surface area contributed by atoms with Crippen LogP contribution in [-0.2, 0) is 21.4 Å². The number of piperidine rings is 1. The summed E-state index contributed by atoms with van der Waals surface area (Å²) in [4.78, 5) is 19.8. The highest BCUT2D eigenvalue weighted by molar-refractivity contribution is 7.89. The van der Waals surface area contributed by atoms with Gasteiger partial charge in [0.1, 0.15) is 5.01 Å². The molecule has 0 saturated carbocycles. The first-order valence-electron chi connectivity index (χ1n) is 10.8. The predicted molar refractivity (Wildman–Crippen MR) is 128 cm³/mol. The maximum absolute atomic E-state index is 13.3. The molecule has 0 atom stereocenters. The molecule has 0 N–H and O–H groups in total. The number of thiazole rings is 1. The van der Waals surface area contributed by atoms with E-state index in [9.17, 15) is 13.2 Å². The Morgan fingerprint density at radius 1 is 1.12 bits per heavy atom. The number of rotatable bonds is 5. The van der Waals surface area contributed by atoms with E-state index in [0.717, 1.165) is 31.9 Å². The Balaban J connectivity index is 1.41. The number of fused-ring (bicyclic) bond motifs is 1. The second-order valence-corrected chi connectivity index (χ2v) is 11.7. The van der Waals surface area contributed by atoms with Crippen LogP contribution in [0, 0.1) is 26.7 Å². The van der Waals surface area contributed by atoms with Crippen LogP contribution in [0.5, 0.6) is 0 Å². The SMILES string of the molecule is Cc1cc(C)c(S(=O)(=O)N2CCC(C(=O)N(C)Cc3nc4ccccc4s3)CC2)c(C)c1. The van der Waals surface area contributed by atoms with E-state index < -0.39 is 10.0 Å². The van der Waals surface area contributed by atoms with Crippen molar-refractivity contribution in [1.29, 1.82) is 0 Å². The number of para-hydroxylation sites is 1. The van der Waals surface area contributed by atoms with Crippen LogP contribution in [0.4, 0.5) is 0 Å². The van der Waals surface area contributed by atoms with Gasteiger partial charge in [-0.3, -0.25) is 4.79 Å². The van der Waals surface area contributed by atoms with Gasteiger partial charge in [-0.2, -0.15) is 4.31 Å². The van der Waals surface area contributed by atoms with Crippen LogP contribution in [0.15, 0.2) is 41.3 Å². The summed E-state index contributed by atoms with van der Waals surface area (Å²) < 4.78 is 29.3. The molecule has 1 saturated heterocycles. The van der Waals surface area contributed by atoms with E-state index in [1.165, 1.54) is 4.31 Å². The normalized spacial score (nSPS) is 15.9. The third-order valence-electron chi connectivity index (χ3n) is 6.09. The summed E-state index contributed by atoms with van der Waals surface area (Å²) in [6.45, 7) is 6.86. The van der Waals surface area contributed by atoms with Crippen molar-refractivity contribution < 1.29 is 13.2 Å². The Hall–Kier alpha value is -2.29. The van der Waals surface area contributed by atoms with Crippen LogP contribution < -0.4 is 0 Å². The van der Waals surface area contributed by atoms with Crippen molar-refractivity contribution in [3.8, 4) is 0 Å². The Kier molecular flexibility index (Phi) is 6.38. The van der Waals surface area contributed by atoms with Crippen molar-refractivity contribution in [2.75, 3.05) is 20.1 Å². The zero-order chi connectivity index (χ0) is 23.0. The van der Waals surface area contributed by atoms with Crippen LogP contribution in [0.25, 0.3) is 10.2 Å². The number of carbonyl (C=O) groups is 1. The van der Waals surface area contributed by atoms with Crippen LogP contribution in [0.2, 0.25) is 0 Å². The minimum atomic E-state index is -3.57. The number of amides is 1. The van der Waals surface area contributed by atoms with E-state index >= 15 is 0 Å². The van der Waals surface area contributed by atoms with Crippen molar-refractivity contribution in [1.82, 2.24) is 14.2 Å². The summed E-state index contributed by atoms with van der Waals surface area (Å²) in [6.07, 6.45) is 1.07. The van der Waals surface area contributed by atoms with Gasteiger partial charge in [0.25, 0.3) is 0 Å². The number of aromatic nitrogens is 1. The molecule has 0 unspecified atom stereocenters. The highest BCUT2D eigenvalue weighted by Crippen LogP contribution is 2.30. The maximum atomic E-state index is 13.3. The van der Waals surface area contributed by atoms with Gasteiger partial charge < -0.3 is 4.90 Å². The molecule has 0 bridgehead atoms. The molecule has 4 rings (SSSR count). The van der Waals surface area contributed by atoms with Gasteiger partial charge in [0, 0.05) is 26.1 Å². The molecule has 0 radical (unpaired) electrons. The average molecular weight is 472 g/mol. The van der Waals surface area contributed by atoms with Gasteiger partial charge in [-0.25, -0.2) is 13.4 Å². The fourth-order valence-corrected chi connectivity index (χ4v) is 7.53. The predicted octanol–water partition coefficient (Wildman–Crippen LogP) is 4.28. The number of hydrogen-bond donors (Lipinski definition) is 0. The first-order chi connectivity index (χ1) is 15.2. The molecule has 2 aromatic carbocycles. The number of benzene rings is 2.